The van der Waals surface area contributed by atoms with Crippen LogP contribution in [0.5, 0.6) is 5.75 Å². The number of fused-ring (bicyclic) bond motifs is 1. The molecule has 1 saturated heterocycles. The van der Waals surface area contributed by atoms with Gasteiger partial charge in [-0.25, -0.2) is 0 Å². The summed E-state index contributed by atoms with van der Waals surface area (Å²) < 4.78 is 0. The summed E-state index contributed by atoms with van der Waals surface area (Å²) in [5, 5.41) is 9.40. The van der Waals surface area contributed by atoms with Gasteiger partial charge in [0.05, 0.1) is 11.8 Å². The quantitative estimate of drug-likeness (QED) is 0.826. The predicted octanol–water partition coefficient (Wildman–Crippen LogP) is 2.19. The van der Waals surface area contributed by atoms with Gasteiger partial charge in [-0.1, -0.05) is 12.8 Å². The molecule has 1 amide bonds. The van der Waals surface area contributed by atoms with E-state index in [-0.39, 0.29) is 11.7 Å². The summed E-state index contributed by atoms with van der Waals surface area (Å²) in [6.07, 6.45) is 8.93. The van der Waals surface area contributed by atoms with Gasteiger partial charge in [0.25, 0.3) is 5.91 Å². The Bertz CT molecular complexity index is 461. The number of hydrogen-bond donors (Lipinski definition) is 1. The first-order chi connectivity index (χ1) is 8.75. The Hall–Kier alpha value is -1.58. The Morgan fingerprint density at radius 3 is 2.94 bits per heavy atom. The first-order valence-electron chi connectivity index (χ1n) is 6.70. The van der Waals surface area contributed by atoms with Crippen LogP contribution in [0.3, 0.4) is 0 Å². The van der Waals surface area contributed by atoms with Gasteiger partial charge in [-0.15, -0.1) is 0 Å². The lowest BCUT2D eigenvalue weighted by Crippen LogP contribution is -2.39. The van der Waals surface area contributed by atoms with E-state index in [1.54, 1.807) is 0 Å². The van der Waals surface area contributed by atoms with Crippen molar-refractivity contribution in [2.75, 3.05) is 6.54 Å². The predicted molar refractivity (Wildman–Crippen MR) is 67.3 cm³/mol. The van der Waals surface area contributed by atoms with Crippen LogP contribution in [0.2, 0.25) is 0 Å². The lowest BCUT2D eigenvalue weighted by molar-refractivity contribution is 0.0689. The number of hydrogen-bond acceptors (Lipinski definition) is 3. The maximum Gasteiger partial charge on any atom is 0.255 e. The fourth-order valence-electron chi connectivity index (χ4n) is 3.37. The molecule has 0 bridgehead atoms. The largest absolute Gasteiger partial charge is 0.506 e. The molecular formula is C14H18N2O2. The van der Waals surface area contributed by atoms with Crippen molar-refractivity contribution in [1.29, 1.82) is 0 Å². The first-order valence-corrected chi connectivity index (χ1v) is 6.70. The molecule has 96 valence electrons. The summed E-state index contributed by atoms with van der Waals surface area (Å²) in [6.45, 7) is 0.851. The van der Waals surface area contributed by atoms with E-state index in [2.05, 4.69) is 4.98 Å². The van der Waals surface area contributed by atoms with E-state index >= 15 is 0 Å². The van der Waals surface area contributed by atoms with Crippen molar-refractivity contribution in [1.82, 2.24) is 9.88 Å². The second kappa shape index (κ2) is 4.59. The number of nitrogens with zero attached hydrogens (tertiary/aromatic N) is 2. The number of amides is 1. The minimum absolute atomic E-state index is 0.0211. The van der Waals surface area contributed by atoms with E-state index in [1.165, 1.54) is 37.7 Å². The smallest absolute Gasteiger partial charge is 0.255 e. The number of aromatic hydroxyl groups is 1. The molecule has 4 heteroatoms. The van der Waals surface area contributed by atoms with Crippen LogP contribution in [0.1, 0.15) is 42.5 Å². The number of pyridine rings is 1. The van der Waals surface area contributed by atoms with E-state index in [1.807, 2.05) is 4.90 Å². The second-order valence-electron chi connectivity index (χ2n) is 5.33. The third-order valence-electron chi connectivity index (χ3n) is 4.24. The Morgan fingerprint density at radius 2 is 2.11 bits per heavy atom. The minimum Gasteiger partial charge on any atom is -0.506 e. The number of carbonyl (C=O) groups is 1. The first kappa shape index (κ1) is 11.5. The van der Waals surface area contributed by atoms with Crippen LogP contribution in [-0.2, 0) is 0 Å². The number of rotatable bonds is 1. The van der Waals surface area contributed by atoms with E-state index < -0.39 is 0 Å². The number of aromatic nitrogens is 1. The number of likely N-dealkylation sites (tertiary alicyclic amines) is 1. The molecular weight excluding hydrogens is 228 g/mol. The molecule has 3 rings (SSSR count). The summed E-state index contributed by atoms with van der Waals surface area (Å²) in [5.41, 5.74) is 0.501. The van der Waals surface area contributed by atoms with Crippen LogP contribution in [-0.4, -0.2) is 33.5 Å². The second-order valence-corrected chi connectivity index (χ2v) is 5.33. The summed E-state index contributed by atoms with van der Waals surface area (Å²) in [5.74, 6) is 0.765. The van der Waals surface area contributed by atoms with Crippen molar-refractivity contribution in [3.63, 3.8) is 0 Å². The van der Waals surface area contributed by atoms with Gasteiger partial charge in [-0.05, 0) is 31.2 Å². The van der Waals surface area contributed by atoms with Crippen molar-refractivity contribution >= 4 is 5.91 Å². The normalized spacial score (nSPS) is 27.0. The van der Waals surface area contributed by atoms with Gasteiger partial charge in [-0.3, -0.25) is 9.78 Å². The van der Waals surface area contributed by atoms with Crippen LogP contribution < -0.4 is 0 Å². The molecule has 1 saturated carbocycles. The zero-order valence-corrected chi connectivity index (χ0v) is 10.4. The molecule has 2 atom stereocenters. The van der Waals surface area contributed by atoms with Crippen LogP contribution >= 0.6 is 0 Å². The van der Waals surface area contributed by atoms with Crippen molar-refractivity contribution in [2.24, 2.45) is 5.92 Å². The standard InChI is InChI=1S/C14H18N2O2/c17-12-7-11(8-15-9-12)14(18)16-6-5-10-3-1-2-4-13(10)16/h7-10,13,17H,1-6H2. The van der Waals surface area contributed by atoms with Gasteiger partial charge >= 0.3 is 0 Å². The fourth-order valence-corrected chi connectivity index (χ4v) is 3.37. The molecule has 1 aliphatic heterocycles. The maximum atomic E-state index is 12.4. The lowest BCUT2D eigenvalue weighted by atomic mass is 9.85. The molecule has 2 unspecified atom stereocenters. The SMILES string of the molecule is O=C(c1cncc(O)c1)N1CCC2CCCCC21. The highest BCUT2D eigenvalue weighted by atomic mass is 16.3. The van der Waals surface area contributed by atoms with E-state index in [0.29, 0.717) is 17.5 Å². The van der Waals surface area contributed by atoms with Gasteiger partial charge in [0.15, 0.2) is 0 Å². The van der Waals surface area contributed by atoms with Crippen molar-refractivity contribution < 1.29 is 9.90 Å². The summed E-state index contributed by atoms with van der Waals surface area (Å²) >= 11 is 0. The molecule has 0 radical (unpaired) electrons. The molecule has 1 aromatic heterocycles. The van der Waals surface area contributed by atoms with Gasteiger partial charge in [-0.2, -0.15) is 0 Å². The third-order valence-corrected chi connectivity index (χ3v) is 4.24. The molecule has 1 aliphatic carbocycles. The Kier molecular flexibility index (Phi) is 2.94. The maximum absolute atomic E-state index is 12.4. The molecule has 2 aliphatic rings. The van der Waals surface area contributed by atoms with Crippen LogP contribution in [0.25, 0.3) is 0 Å². The van der Waals surface area contributed by atoms with Gasteiger partial charge in [0.1, 0.15) is 5.75 Å². The van der Waals surface area contributed by atoms with E-state index in [9.17, 15) is 9.90 Å². The highest BCUT2D eigenvalue weighted by Gasteiger charge is 2.38. The molecule has 2 fully saturated rings. The Balaban J connectivity index is 1.80. The fraction of sp³-hybridized carbons (Fsp3) is 0.571. The van der Waals surface area contributed by atoms with Crippen molar-refractivity contribution in [2.45, 2.75) is 38.1 Å². The van der Waals surface area contributed by atoms with Crippen molar-refractivity contribution in [3.8, 4) is 5.75 Å². The topological polar surface area (TPSA) is 53.4 Å². The monoisotopic (exact) mass is 246 g/mol. The van der Waals surface area contributed by atoms with Crippen LogP contribution in [0, 0.1) is 5.92 Å². The highest BCUT2D eigenvalue weighted by Crippen LogP contribution is 2.36. The van der Waals surface area contributed by atoms with E-state index in [0.717, 1.165) is 19.4 Å². The summed E-state index contributed by atoms with van der Waals surface area (Å²) in [6, 6.07) is 1.92. The summed E-state index contributed by atoms with van der Waals surface area (Å²) in [4.78, 5) is 18.3. The average Bonchev–Trinajstić information content (AvgIpc) is 2.82. The molecule has 1 aromatic rings. The lowest BCUT2D eigenvalue weighted by Gasteiger charge is -2.31. The van der Waals surface area contributed by atoms with Gasteiger partial charge in [0.2, 0.25) is 0 Å². The average molecular weight is 246 g/mol. The Labute approximate surface area is 107 Å². The zero-order valence-electron chi connectivity index (χ0n) is 10.4. The minimum atomic E-state index is 0.0211. The molecule has 18 heavy (non-hydrogen) atoms. The highest BCUT2D eigenvalue weighted by molar-refractivity contribution is 5.94. The molecule has 0 spiro atoms. The summed E-state index contributed by atoms with van der Waals surface area (Å²) in [7, 11) is 0. The molecule has 2 heterocycles. The zero-order chi connectivity index (χ0) is 12.5. The van der Waals surface area contributed by atoms with Crippen molar-refractivity contribution in [3.05, 3.63) is 24.0 Å². The van der Waals surface area contributed by atoms with Gasteiger partial charge in [0, 0.05) is 18.8 Å². The number of carbonyl (C=O) groups excluding carboxylic acids is 1. The van der Waals surface area contributed by atoms with Gasteiger partial charge < -0.3 is 10.0 Å². The van der Waals surface area contributed by atoms with Crippen LogP contribution in [0.4, 0.5) is 0 Å². The molecule has 4 nitrogen and oxygen atoms in total. The van der Waals surface area contributed by atoms with E-state index in [4.69, 9.17) is 0 Å². The van der Waals surface area contributed by atoms with Crippen LogP contribution in [0.15, 0.2) is 18.5 Å². The molecule has 0 aromatic carbocycles. The molecule has 1 N–H and O–H groups in total. The Morgan fingerprint density at radius 1 is 1.28 bits per heavy atom. The third kappa shape index (κ3) is 1.96.